The van der Waals surface area contributed by atoms with Gasteiger partial charge in [-0.25, -0.2) is 4.98 Å². The summed E-state index contributed by atoms with van der Waals surface area (Å²) in [6, 6.07) is 5.29. The summed E-state index contributed by atoms with van der Waals surface area (Å²) in [6.45, 7) is 7.63. The quantitative estimate of drug-likeness (QED) is 0.698. The van der Waals surface area contributed by atoms with Crippen LogP contribution in [-0.4, -0.2) is 43.5 Å². The highest BCUT2D eigenvalue weighted by atomic mass is 16.5. The number of methoxy groups -OCH3 is 1. The van der Waals surface area contributed by atoms with E-state index in [0.29, 0.717) is 23.7 Å². The van der Waals surface area contributed by atoms with Crippen LogP contribution in [0.25, 0.3) is 11.3 Å². The minimum absolute atomic E-state index is 0.119. The van der Waals surface area contributed by atoms with Crippen LogP contribution in [0.1, 0.15) is 48.4 Å². The maximum absolute atomic E-state index is 13.2. The molecule has 0 bridgehead atoms. The Balaban J connectivity index is 1.71. The zero-order chi connectivity index (χ0) is 21.6. The maximum Gasteiger partial charge on any atom is 0.262 e. The van der Waals surface area contributed by atoms with Crippen molar-refractivity contribution in [3.63, 3.8) is 0 Å². The van der Waals surface area contributed by atoms with Gasteiger partial charge in [-0.1, -0.05) is 0 Å². The summed E-state index contributed by atoms with van der Waals surface area (Å²) in [4.78, 5) is 23.9. The van der Waals surface area contributed by atoms with E-state index in [9.17, 15) is 9.90 Å². The van der Waals surface area contributed by atoms with Gasteiger partial charge in [-0.2, -0.15) is 5.10 Å². The van der Waals surface area contributed by atoms with Gasteiger partial charge >= 0.3 is 0 Å². The lowest BCUT2D eigenvalue weighted by Crippen LogP contribution is -2.28. The van der Waals surface area contributed by atoms with E-state index in [-0.39, 0.29) is 11.9 Å². The molecule has 0 radical (unpaired) electrons. The third-order valence-electron chi connectivity index (χ3n) is 5.13. The van der Waals surface area contributed by atoms with Gasteiger partial charge in [0.2, 0.25) is 0 Å². The van der Waals surface area contributed by atoms with Crippen LogP contribution in [0.2, 0.25) is 0 Å². The number of pyridine rings is 2. The van der Waals surface area contributed by atoms with Gasteiger partial charge in [0.05, 0.1) is 48.4 Å². The zero-order valence-electron chi connectivity index (χ0n) is 17.7. The number of carbonyl (C=O) groups is 1. The van der Waals surface area contributed by atoms with Crippen LogP contribution in [0.3, 0.4) is 0 Å². The first-order valence-corrected chi connectivity index (χ1v) is 9.78. The Bertz CT molecular complexity index is 1120. The van der Waals surface area contributed by atoms with Crippen molar-refractivity contribution >= 4 is 11.7 Å². The SMILES string of the molecule is COc1cncc(-c2cc(C)c3c(n2)[C@H](C)N(c2ccn(CC(C)(C)O)n2)C3=O)c1. The van der Waals surface area contributed by atoms with Gasteiger partial charge in [0.15, 0.2) is 5.82 Å². The first kappa shape index (κ1) is 20.0. The van der Waals surface area contributed by atoms with Crippen LogP contribution in [0.5, 0.6) is 5.75 Å². The molecule has 1 amide bonds. The third-order valence-corrected chi connectivity index (χ3v) is 5.13. The number of ether oxygens (including phenoxy) is 1. The van der Waals surface area contributed by atoms with E-state index in [1.165, 1.54) is 0 Å². The lowest BCUT2D eigenvalue weighted by molar-refractivity contribution is 0.0578. The number of nitrogens with zero attached hydrogens (tertiary/aromatic N) is 5. The Labute approximate surface area is 175 Å². The zero-order valence-corrected chi connectivity index (χ0v) is 17.7. The second-order valence-corrected chi connectivity index (χ2v) is 8.23. The number of aromatic nitrogens is 4. The van der Waals surface area contributed by atoms with Crippen molar-refractivity contribution in [1.29, 1.82) is 0 Å². The van der Waals surface area contributed by atoms with E-state index >= 15 is 0 Å². The molecule has 3 aromatic heterocycles. The van der Waals surface area contributed by atoms with Crippen molar-refractivity contribution in [3.05, 3.63) is 53.6 Å². The van der Waals surface area contributed by atoms with Gasteiger partial charge < -0.3 is 9.84 Å². The highest BCUT2D eigenvalue weighted by Gasteiger charge is 2.39. The average Bonchev–Trinajstić information content (AvgIpc) is 3.22. The molecule has 0 saturated heterocycles. The summed E-state index contributed by atoms with van der Waals surface area (Å²) >= 11 is 0. The van der Waals surface area contributed by atoms with Crippen molar-refractivity contribution in [2.24, 2.45) is 0 Å². The second-order valence-electron chi connectivity index (χ2n) is 8.23. The van der Waals surface area contributed by atoms with Crippen molar-refractivity contribution in [3.8, 4) is 17.0 Å². The van der Waals surface area contributed by atoms with Crippen molar-refractivity contribution < 1.29 is 14.6 Å². The molecule has 30 heavy (non-hydrogen) atoms. The van der Waals surface area contributed by atoms with Crippen LogP contribution in [0.15, 0.2) is 36.8 Å². The summed E-state index contributed by atoms with van der Waals surface area (Å²) < 4.78 is 6.91. The highest BCUT2D eigenvalue weighted by molar-refractivity contribution is 6.11. The molecule has 4 rings (SSSR count). The minimum atomic E-state index is -0.898. The van der Waals surface area contributed by atoms with Crippen molar-refractivity contribution in [2.75, 3.05) is 12.0 Å². The molecular weight excluding hydrogens is 382 g/mol. The molecule has 0 unspecified atom stereocenters. The summed E-state index contributed by atoms with van der Waals surface area (Å²) in [7, 11) is 1.60. The molecule has 156 valence electrons. The van der Waals surface area contributed by atoms with Crippen molar-refractivity contribution in [1.82, 2.24) is 19.7 Å². The largest absolute Gasteiger partial charge is 0.495 e. The minimum Gasteiger partial charge on any atom is -0.495 e. The molecule has 3 aromatic rings. The normalized spacial score (nSPS) is 16.1. The molecule has 0 fully saturated rings. The third kappa shape index (κ3) is 3.54. The van der Waals surface area contributed by atoms with Gasteiger partial charge in [-0.05, 0) is 45.4 Å². The number of aliphatic hydroxyl groups is 1. The molecule has 1 aliphatic heterocycles. The monoisotopic (exact) mass is 407 g/mol. The molecule has 0 saturated carbocycles. The van der Waals surface area contributed by atoms with Gasteiger partial charge in [0.25, 0.3) is 5.91 Å². The fourth-order valence-corrected chi connectivity index (χ4v) is 3.78. The smallest absolute Gasteiger partial charge is 0.262 e. The summed E-state index contributed by atoms with van der Waals surface area (Å²) in [6.07, 6.45) is 5.14. The number of rotatable bonds is 5. The van der Waals surface area contributed by atoms with Crippen LogP contribution < -0.4 is 9.64 Å². The Morgan fingerprint density at radius 2 is 2.03 bits per heavy atom. The first-order valence-electron chi connectivity index (χ1n) is 9.78. The Morgan fingerprint density at radius 3 is 2.73 bits per heavy atom. The van der Waals surface area contributed by atoms with E-state index < -0.39 is 5.60 Å². The molecule has 4 heterocycles. The highest BCUT2D eigenvalue weighted by Crippen LogP contribution is 2.38. The maximum atomic E-state index is 13.2. The van der Waals surface area contributed by atoms with Crippen LogP contribution in [-0.2, 0) is 6.54 Å². The van der Waals surface area contributed by atoms with E-state index in [2.05, 4.69) is 10.1 Å². The van der Waals surface area contributed by atoms with Gasteiger partial charge in [0.1, 0.15) is 5.75 Å². The number of anilines is 1. The molecular formula is C22H25N5O3. The molecule has 0 spiro atoms. The molecule has 1 aliphatic rings. The lowest BCUT2D eigenvalue weighted by Gasteiger charge is -2.19. The van der Waals surface area contributed by atoms with Crippen LogP contribution >= 0.6 is 0 Å². The van der Waals surface area contributed by atoms with E-state index in [4.69, 9.17) is 9.72 Å². The van der Waals surface area contributed by atoms with Gasteiger partial charge in [-0.15, -0.1) is 0 Å². The number of hydrogen-bond donors (Lipinski definition) is 1. The number of hydrogen-bond acceptors (Lipinski definition) is 6. The van der Waals surface area contributed by atoms with Crippen LogP contribution in [0.4, 0.5) is 5.82 Å². The summed E-state index contributed by atoms with van der Waals surface area (Å²) in [5, 5.41) is 14.5. The number of amides is 1. The molecule has 1 N–H and O–H groups in total. The fourth-order valence-electron chi connectivity index (χ4n) is 3.78. The van der Waals surface area contributed by atoms with Gasteiger partial charge in [-0.3, -0.25) is 19.4 Å². The molecule has 1 atom stereocenters. The predicted octanol–water partition coefficient (Wildman–Crippen LogP) is 3.15. The predicted molar refractivity (Wildman–Crippen MR) is 113 cm³/mol. The van der Waals surface area contributed by atoms with Crippen LogP contribution in [0, 0.1) is 6.92 Å². The molecule has 0 aliphatic carbocycles. The summed E-state index contributed by atoms with van der Waals surface area (Å²) in [5.74, 6) is 1.07. The number of carbonyl (C=O) groups excluding carboxylic acids is 1. The van der Waals surface area contributed by atoms with E-state index in [1.54, 1.807) is 55.2 Å². The molecule has 8 nitrogen and oxygen atoms in total. The van der Waals surface area contributed by atoms with E-state index in [0.717, 1.165) is 22.5 Å². The van der Waals surface area contributed by atoms with Crippen molar-refractivity contribution in [2.45, 2.75) is 45.9 Å². The Kier molecular flexibility index (Phi) is 4.82. The Hall–Kier alpha value is -3.26. The fraction of sp³-hybridized carbons (Fsp3) is 0.364. The first-order chi connectivity index (χ1) is 14.2. The molecule has 0 aromatic carbocycles. The standard InChI is InChI=1S/C22H25N5O3/c1-13-8-17(15-9-16(30-5)11-23-10-15)24-20-14(2)27(21(28)19(13)20)18-6-7-26(25-18)12-22(3,4)29/h6-11,14,29H,12H2,1-5H3/t14-/m0/s1. The number of fused-ring (bicyclic) bond motifs is 1. The van der Waals surface area contributed by atoms with E-state index in [1.807, 2.05) is 26.0 Å². The number of aryl methyl sites for hydroxylation is 1. The lowest BCUT2D eigenvalue weighted by atomic mass is 10.0. The average molecular weight is 407 g/mol. The molecule has 8 heteroatoms. The summed E-state index contributed by atoms with van der Waals surface area (Å²) in [5.41, 5.74) is 2.85. The van der Waals surface area contributed by atoms with Gasteiger partial charge in [0, 0.05) is 24.0 Å². The Morgan fingerprint density at radius 1 is 1.27 bits per heavy atom. The second kappa shape index (κ2) is 7.21. The topological polar surface area (TPSA) is 93.4 Å².